The fourth-order valence-electron chi connectivity index (χ4n) is 1.73. The SMILES string of the molecule is CCCCCCCC(NN)c1ncccn1. The van der Waals surface area contributed by atoms with Crippen LogP contribution in [0.1, 0.15) is 57.3 Å². The average Bonchev–Trinajstić information content (AvgIpc) is 2.35. The van der Waals surface area contributed by atoms with Gasteiger partial charge in [0.05, 0.1) is 6.04 Å². The second kappa shape index (κ2) is 8.19. The van der Waals surface area contributed by atoms with E-state index in [0.717, 1.165) is 12.2 Å². The van der Waals surface area contributed by atoms with Crippen LogP contribution in [0, 0.1) is 0 Å². The predicted octanol–water partition coefficient (Wildman–Crippen LogP) is 2.34. The summed E-state index contributed by atoms with van der Waals surface area (Å²) in [5.74, 6) is 6.31. The van der Waals surface area contributed by atoms with Crippen LogP contribution in [0.5, 0.6) is 0 Å². The minimum absolute atomic E-state index is 0.0860. The molecule has 1 unspecified atom stereocenters. The Labute approximate surface area is 97.7 Å². The van der Waals surface area contributed by atoms with E-state index >= 15 is 0 Å². The van der Waals surface area contributed by atoms with E-state index < -0.39 is 0 Å². The van der Waals surface area contributed by atoms with Gasteiger partial charge in [0.1, 0.15) is 5.82 Å². The molecular formula is C12H22N4. The minimum atomic E-state index is 0.0860. The third kappa shape index (κ3) is 4.68. The summed E-state index contributed by atoms with van der Waals surface area (Å²) in [7, 11) is 0. The molecule has 4 nitrogen and oxygen atoms in total. The Hall–Kier alpha value is -1.00. The third-order valence-corrected chi connectivity index (χ3v) is 2.69. The number of nitrogens with zero attached hydrogens (tertiary/aromatic N) is 2. The van der Waals surface area contributed by atoms with E-state index in [2.05, 4.69) is 22.3 Å². The summed E-state index contributed by atoms with van der Waals surface area (Å²) in [5, 5.41) is 0. The van der Waals surface area contributed by atoms with Crippen molar-refractivity contribution in [3.8, 4) is 0 Å². The molecule has 4 heteroatoms. The molecule has 0 amide bonds. The van der Waals surface area contributed by atoms with Crippen molar-refractivity contribution in [3.63, 3.8) is 0 Å². The van der Waals surface area contributed by atoms with Gasteiger partial charge in [-0.25, -0.2) is 15.4 Å². The van der Waals surface area contributed by atoms with Crippen molar-refractivity contribution in [2.45, 2.75) is 51.5 Å². The average molecular weight is 222 g/mol. The van der Waals surface area contributed by atoms with Crippen LogP contribution in [-0.4, -0.2) is 9.97 Å². The van der Waals surface area contributed by atoms with Crippen LogP contribution >= 0.6 is 0 Å². The van der Waals surface area contributed by atoms with Gasteiger partial charge in [-0.05, 0) is 12.5 Å². The molecule has 0 aliphatic carbocycles. The van der Waals surface area contributed by atoms with E-state index in [0.29, 0.717) is 0 Å². The highest BCUT2D eigenvalue weighted by atomic mass is 15.2. The number of hydrazine groups is 1. The number of aromatic nitrogens is 2. The zero-order valence-electron chi connectivity index (χ0n) is 10.0. The smallest absolute Gasteiger partial charge is 0.146 e. The Balaban J connectivity index is 2.27. The predicted molar refractivity (Wildman–Crippen MR) is 65.5 cm³/mol. The van der Waals surface area contributed by atoms with Gasteiger partial charge >= 0.3 is 0 Å². The molecule has 3 N–H and O–H groups in total. The van der Waals surface area contributed by atoms with Crippen LogP contribution in [0.3, 0.4) is 0 Å². The van der Waals surface area contributed by atoms with Crippen molar-refractivity contribution in [2.24, 2.45) is 5.84 Å². The molecule has 90 valence electrons. The molecule has 0 aliphatic rings. The maximum atomic E-state index is 5.52. The van der Waals surface area contributed by atoms with Crippen LogP contribution in [0.4, 0.5) is 0 Å². The summed E-state index contributed by atoms with van der Waals surface area (Å²) in [6, 6.07) is 1.90. The van der Waals surface area contributed by atoms with Gasteiger partial charge in [-0.2, -0.15) is 0 Å². The quantitative estimate of drug-likeness (QED) is 0.402. The summed E-state index contributed by atoms with van der Waals surface area (Å²) < 4.78 is 0. The first-order chi connectivity index (χ1) is 7.88. The van der Waals surface area contributed by atoms with E-state index in [4.69, 9.17) is 5.84 Å². The Morgan fingerprint density at radius 1 is 1.19 bits per heavy atom. The van der Waals surface area contributed by atoms with E-state index in [1.165, 1.54) is 32.1 Å². The van der Waals surface area contributed by atoms with Gasteiger partial charge in [0.25, 0.3) is 0 Å². The summed E-state index contributed by atoms with van der Waals surface area (Å²) in [5.41, 5.74) is 2.78. The Kier molecular flexibility index (Phi) is 6.69. The van der Waals surface area contributed by atoms with Gasteiger partial charge < -0.3 is 0 Å². The van der Waals surface area contributed by atoms with Crippen LogP contribution < -0.4 is 11.3 Å². The molecule has 1 heterocycles. The highest BCUT2D eigenvalue weighted by Gasteiger charge is 2.10. The first-order valence-corrected chi connectivity index (χ1v) is 6.11. The first-order valence-electron chi connectivity index (χ1n) is 6.11. The second-order valence-electron chi connectivity index (χ2n) is 4.03. The molecule has 0 spiro atoms. The number of nitrogens with one attached hydrogen (secondary N) is 1. The summed E-state index contributed by atoms with van der Waals surface area (Å²) in [6.45, 7) is 2.22. The lowest BCUT2D eigenvalue weighted by Crippen LogP contribution is -2.29. The fraction of sp³-hybridized carbons (Fsp3) is 0.667. The number of unbranched alkanes of at least 4 members (excludes halogenated alkanes) is 4. The molecule has 0 bridgehead atoms. The van der Waals surface area contributed by atoms with Crippen LogP contribution in [0.25, 0.3) is 0 Å². The number of nitrogens with two attached hydrogens (primary N) is 1. The largest absolute Gasteiger partial charge is 0.271 e. The molecule has 1 aromatic heterocycles. The van der Waals surface area contributed by atoms with E-state index in [1.54, 1.807) is 12.4 Å². The van der Waals surface area contributed by atoms with Crippen molar-refractivity contribution in [1.29, 1.82) is 0 Å². The molecule has 0 radical (unpaired) electrons. The van der Waals surface area contributed by atoms with Gasteiger partial charge in [0, 0.05) is 12.4 Å². The lowest BCUT2D eigenvalue weighted by molar-refractivity contribution is 0.460. The normalized spacial score (nSPS) is 12.6. The van der Waals surface area contributed by atoms with Gasteiger partial charge in [0.15, 0.2) is 0 Å². The van der Waals surface area contributed by atoms with Gasteiger partial charge in [-0.3, -0.25) is 5.84 Å². The van der Waals surface area contributed by atoms with Crippen molar-refractivity contribution < 1.29 is 0 Å². The van der Waals surface area contributed by atoms with Gasteiger partial charge in [-0.15, -0.1) is 0 Å². The Bertz CT molecular complexity index is 263. The standard InChI is InChI=1S/C12H22N4/c1-2-3-4-5-6-8-11(16-13)12-14-9-7-10-15-12/h7,9-11,16H,2-6,8,13H2,1H3. The zero-order valence-corrected chi connectivity index (χ0v) is 10.0. The van der Waals surface area contributed by atoms with Crippen LogP contribution in [-0.2, 0) is 0 Å². The molecular weight excluding hydrogens is 200 g/mol. The maximum absolute atomic E-state index is 5.52. The minimum Gasteiger partial charge on any atom is -0.271 e. The van der Waals surface area contributed by atoms with Crippen molar-refractivity contribution >= 4 is 0 Å². The Morgan fingerprint density at radius 3 is 2.50 bits per heavy atom. The van der Waals surface area contributed by atoms with Crippen LogP contribution in [0.15, 0.2) is 18.5 Å². The number of rotatable bonds is 8. The maximum Gasteiger partial charge on any atom is 0.146 e. The molecule has 0 aliphatic heterocycles. The zero-order chi connectivity index (χ0) is 11.6. The molecule has 0 fully saturated rings. The van der Waals surface area contributed by atoms with Crippen molar-refractivity contribution in [3.05, 3.63) is 24.3 Å². The third-order valence-electron chi connectivity index (χ3n) is 2.69. The molecule has 1 aromatic rings. The van der Waals surface area contributed by atoms with E-state index in [-0.39, 0.29) is 6.04 Å². The van der Waals surface area contributed by atoms with Gasteiger partial charge in [0.2, 0.25) is 0 Å². The van der Waals surface area contributed by atoms with Gasteiger partial charge in [-0.1, -0.05) is 39.0 Å². The summed E-state index contributed by atoms with van der Waals surface area (Å²) >= 11 is 0. The highest BCUT2D eigenvalue weighted by molar-refractivity contribution is 4.94. The summed E-state index contributed by atoms with van der Waals surface area (Å²) in [6.07, 6.45) is 10.9. The van der Waals surface area contributed by atoms with Crippen LogP contribution in [0.2, 0.25) is 0 Å². The molecule has 1 atom stereocenters. The number of hydrogen-bond donors (Lipinski definition) is 2. The highest BCUT2D eigenvalue weighted by Crippen LogP contribution is 2.15. The van der Waals surface area contributed by atoms with Crippen molar-refractivity contribution in [1.82, 2.24) is 15.4 Å². The lowest BCUT2D eigenvalue weighted by atomic mass is 10.1. The van der Waals surface area contributed by atoms with E-state index in [1.807, 2.05) is 6.07 Å². The van der Waals surface area contributed by atoms with Crippen molar-refractivity contribution in [2.75, 3.05) is 0 Å². The molecule has 0 saturated carbocycles. The monoisotopic (exact) mass is 222 g/mol. The second-order valence-corrected chi connectivity index (χ2v) is 4.03. The molecule has 0 saturated heterocycles. The Morgan fingerprint density at radius 2 is 1.88 bits per heavy atom. The molecule has 16 heavy (non-hydrogen) atoms. The molecule has 0 aromatic carbocycles. The fourth-order valence-corrected chi connectivity index (χ4v) is 1.73. The van der Waals surface area contributed by atoms with E-state index in [9.17, 15) is 0 Å². The first kappa shape index (κ1) is 13.1. The number of hydrogen-bond acceptors (Lipinski definition) is 4. The lowest BCUT2D eigenvalue weighted by Gasteiger charge is -2.13. The topological polar surface area (TPSA) is 63.8 Å². The molecule has 1 rings (SSSR count). The summed E-state index contributed by atoms with van der Waals surface area (Å²) in [4.78, 5) is 8.42.